The lowest BCUT2D eigenvalue weighted by Gasteiger charge is -2.20. The monoisotopic (exact) mass is 384 g/mol. The summed E-state index contributed by atoms with van der Waals surface area (Å²) < 4.78 is 26.8. The number of hydrogen-bond donors (Lipinski definition) is 3. The number of aryl methyl sites for hydroxylation is 1. The van der Waals surface area contributed by atoms with Crippen molar-refractivity contribution in [2.45, 2.75) is 45.6 Å². The lowest BCUT2D eigenvalue weighted by atomic mass is 10.2. The molecule has 0 aromatic heterocycles. The Hall–Kier alpha value is -2.13. The van der Waals surface area contributed by atoms with Gasteiger partial charge in [0, 0.05) is 24.8 Å². The van der Waals surface area contributed by atoms with Crippen LogP contribution in [0.2, 0.25) is 0 Å². The van der Waals surface area contributed by atoms with Crippen molar-refractivity contribution in [1.29, 1.82) is 0 Å². The van der Waals surface area contributed by atoms with Gasteiger partial charge in [0.1, 0.15) is 0 Å². The summed E-state index contributed by atoms with van der Waals surface area (Å²) in [7, 11) is -3.60. The maximum absolute atomic E-state index is 12.7. The van der Waals surface area contributed by atoms with Crippen molar-refractivity contribution in [3.8, 4) is 0 Å². The van der Waals surface area contributed by atoms with Crippen molar-refractivity contribution in [3.05, 3.63) is 23.8 Å². The van der Waals surface area contributed by atoms with Crippen LogP contribution in [0.5, 0.6) is 0 Å². The first-order valence-electron chi connectivity index (χ1n) is 8.56. The molecule has 3 N–H and O–H groups in total. The van der Waals surface area contributed by atoms with Crippen LogP contribution in [0.15, 0.2) is 23.1 Å². The molecular weight excluding hydrogens is 356 g/mol. The number of anilines is 1. The molecule has 0 atom stereocenters. The van der Waals surface area contributed by atoms with E-state index in [-0.39, 0.29) is 17.5 Å². The number of nitrogens with zero attached hydrogens (tertiary/aromatic N) is 1. The molecule has 1 aromatic carbocycles. The van der Waals surface area contributed by atoms with E-state index in [1.165, 1.54) is 10.4 Å². The van der Waals surface area contributed by atoms with E-state index in [4.69, 9.17) is 0 Å². The molecule has 0 saturated heterocycles. The van der Waals surface area contributed by atoms with E-state index in [0.29, 0.717) is 24.3 Å². The van der Waals surface area contributed by atoms with Crippen LogP contribution < -0.4 is 16.0 Å². The number of amides is 3. The standard InChI is InChI=1S/C17H28N4O4S/c1-6-21(7-2)26(24,25)15-10-14(9-8-13(15)5)18-11-16(22)20-17(23)19-12(3)4/h8-10,12,18H,6-7,11H2,1-5H3,(H2,19,20,22,23). The van der Waals surface area contributed by atoms with Gasteiger partial charge in [-0.15, -0.1) is 0 Å². The van der Waals surface area contributed by atoms with Crippen LogP contribution >= 0.6 is 0 Å². The molecule has 9 heteroatoms. The zero-order valence-electron chi connectivity index (χ0n) is 15.9. The minimum absolute atomic E-state index is 0.0827. The van der Waals surface area contributed by atoms with Gasteiger partial charge in [-0.1, -0.05) is 19.9 Å². The third-order valence-corrected chi connectivity index (χ3v) is 5.83. The summed E-state index contributed by atoms with van der Waals surface area (Å²) in [5.74, 6) is -0.517. The highest BCUT2D eigenvalue weighted by atomic mass is 32.2. The molecule has 1 rings (SSSR count). The van der Waals surface area contributed by atoms with Crippen LogP contribution in [-0.2, 0) is 14.8 Å². The molecule has 0 aliphatic rings. The highest BCUT2D eigenvalue weighted by molar-refractivity contribution is 7.89. The van der Waals surface area contributed by atoms with Crippen LogP contribution in [0.25, 0.3) is 0 Å². The van der Waals surface area contributed by atoms with E-state index in [0.717, 1.165) is 0 Å². The Balaban J connectivity index is 2.85. The van der Waals surface area contributed by atoms with Gasteiger partial charge in [0.2, 0.25) is 15.9 Å². The Morgan fingerprint density at radius 1 is 1.15 bits per heavy atom. The Morgan fingerprint density at radius 2 is 1.77 bits per heavy atom. The Morgan fingerprint density at radius 3 is 2.31 bits per heavy atom. The van der Waals surface area contributed by atoms with Gasteiger partial charge in [-0.3, -0.25) is 10.1 Å². The zero-order chi connectivity index (χ0) is 19.9. The van der Waals surface area contributed by atoms with E-state index in [9.17, 15) is 18.0 Å². The molecule has 3 amide bonds. The first-order valence-corrected chi connectivity index (χ1v) is 10.0. The summed E-state index contributed by atoms with van der Waals surface area (Å²) in [4.78, 5) is 23.5. The van der Waals surface area contributed by atoms with Crippen LogP contribution in [0.1, 0.15) is 33.3 Å². The molecule has 146 valence electrons. The van der Waals surface area contributed by atoms with E-state index in [1.807, 2.05) is 0 Å². The van der Waals surface area contributed by atoms with Crippen LogP contribution in [0.4, 0.5) is 10.5 Å². The molecule has 1 aromatic rings. The number of sulfonamides is 1. The van der Waals surface area contributed by atoms with Gasteiger partial charge in [-0.2, -0.15) is 4.31 Å². The second-order valence-electron chi connectivity index (χ2n) is 6.10. The number of benzene rings is 1. The molecule has 0 saturated carbocycles. The van der Waals surface area contributed by atoms with Crippen molar-refractivity contribution in [2.75, 3.05) is 25.0 Å². The number of carbonyl (C=O) groups excluding carboxylic acids is 2. The van der Waals surface area contributed by atoms with E-state index >= 15 is 0 Å². The number of carbonyl (C=O) groups is 2. The van der Waals surface area contributed by atoms with Crippen LogP contribution in [0, 0.1) is 6.92 Å². The molecule has 0 unspecified atom stereocenters. The number of imide groups is 1. The molecular formula is C17H28N4O4S. The molecule has 26 heavy (non-hydrogen) atoms. The molecule has 8 nitrogen and oxygen atoms in total. The lowest BCUT2D eigenvalue weighted by Crippen LogP contribution is -2.44. The predicted octanol–water partition coefficient (Wildman–Crippen LogP) is 1.67. The van der Waals surface area contributed by atoms with Crippen molar-refractivity contribution in [3.63, 3.8) is 0 Å². The largest absolute Gasteiger partial charge is 0.376 e. The van der Waals surface area contributed by atoms with Crippen molar-refractivity contribution < 1.29 is 18.0 Å². The lowest BCUT2D eigenvalue weighted by molar-refractivity contribution is -0.118. The first-order chi connectivity index (χ1) is 12.1. The molecule has 0 aliphatic heterocycles. The van der Waals surface area contributed by atoms with Gasteiger partial charge in [-0.25, -0.2) is 13.2 Å². The fourth-order valence-electron chi connectivity index (χ4n) is 2.34. The van der Waals surface area contributed by atoms with Gasteiger partial charge in [-0.05, 0) is 38.5 Å². The smallest absolute Gasteiger partial charge is 0.321 e. The number of nitrogens with one attached hydrogen (secondary N) is 3. The van der Waals surface area contributed by atoms with Gasteiger partial charge in [0.05, 0.1) is 11.4 Å². The number of urea groups is 1. The molecule has 0 bridgehead atoms. The Labute approximate surface area is 155 Å². The van der Waals surface area contributed by atoms with E-state index < -0.39 is 22.0 Å². The average molecular weight is 385 g/mol. The topological polar surface area (TPSA) is 108 Å². The van der Waals surface area contributed by atoms with Gasteiger partial charge >= 0.3 is 6.03 Å². The molecule has 0 spiro atoms. The summed E-state index contributed by atoms with van der Waals surface area (Å²) in [5, 5.41) is 7.59. The Bertz CT molecular complexity index is 743. The normalized spacial score (nSPS) is 11.5. The number of rotatable bonds is 8. The quantitative estimate of drug-likeness (QED) is 0.632. The van der Waals surface area contributed by atoms with Crippen molar-refractivity contribution in [1.82, 2.24) is 14.9 Å². The van der Waals surface area contributed by atoms with E-state index in [2.05, 4.69) is 16.0 Å². The fourth-order valence-corrected chi connectivity index (χ4v) is 4.05. The van der Waals surface area contributed by atoms with Crippen molar-refractivity contribution >= 4 is 27.6 Å². The van der Waals surface area contributed by atoms with Crippen LogP contribution in [-0.4, -0.2) is 50.3 Å². The van der Waals surface area contributed by atoms with Crippen molar-refractivity contribution in [2.24, 2.45) is 0 Å². The SMILES string of the molecule is CCN(CC)S(=O)(=O)c1cc(NCC(=O)NC(=O)NC(C)C)ccc1C. The highest BCUT2D eigenvalue weighted by Gasteiger charge is 2.23. The molecule has 0 fully saturated rings. The molecule has 0 radical (unpaired) electrons. The summed E-state index contributed by atoms with van der Waals surface area (Å²) in [6.07, 6.45) is 0. The van der Waals surface area contributed by atoms with E-state index in [1.54, 1.807) is 46.8 Å². The summed E-state index contributed by atoms with van der Waals surface area (Å²) in [6, 6.07) is 4.23. The minimum Gasteiger partial charge on any atom is -0.376 e. The third kappa shape index (κ3) is 5.99. The fraction of sp³-hybridized carbons (Fsp3) is 0.529. The second kappa shape index (κ2) is 9.54. The zero-order valence-corrected chi connectivity index (χ0v) is 16.7. The summed E-state index contributed by atoms with van der Waals surface area (Å²) in [6.45, 7) is 9.46. The highest BCUT2D eigenvalue weighted by Crippen LogP contribution is 2.23. The maximum atomic E-state index is 12.7. The predicted molar refractivity (Wildman–Crippen MR) is 102 cm³/mol. The third-order valence-electron chi connectivity index (χ3n) is 3.64. The molecule has 0 heterocycles. The molecule has 0 aliphatic carbocycles. The first kappa shape index (κ1) is 21.9. The minimum atomic E-state index is -3.60. The maximum Gasteiger partial charge on any atom is 0.321 e. The Kier molecular flexibility index (Phi) is 8.04. The van der Waals surface area contributed by atoms with Gasteiger partial charge in [0.25, 0.3) is 0 Å². The second-order valence-corrected chi connectivity index (χ2v) is 8.01. The van der Waals surface area contributed by atoms with Crippen LogP contribution in [0.3, 0.4) is 0 Å². The number of hydrogen-bond acceptors (Lipinski definition) is 5. The van der Waals surface area contributed by atoms with Gasteiger partial charge in [0.15, 0.2) is 0 Å². The summed E-state index contributed by atoms with van der Waals surface area (Å²) >= 11 is 0. The average Bonchev–Trinajstić information content (AvgIpc) is 2.53. The summed E-state index contributed by atoms with van der Waals surface area (Å²) in [5.41, 5.74) is 1.11. The van der Waals surface area contributed by atoms with Gasteiger partial charge < -0.3 is 10.6 Å².